The fourth-order valence-corrected chi connectivity index (χ4v) is 1.73. The van der Waals surface area contributed by atoms with Gasteiger partial charge in [-0.1, -0.05) is 4.40 Å². The first-order valence-corrected chi connectivity index (χ1v) is 6.54. The molecular formula is C12H16F2N2OS. The molecule has 0 spiro atoms. The first kappa shape index (κ1) is 15.0. The van der Waals surface area contributed by atoms with Crippen molar-refractivity contribution in [2.45, 2.75) is 38.9 Å². The molecule has 0 fully saturated rings. The Morgan fingerprint density at radius 3 is 2.56 bits per heavy atom. The summed E-state index contributed by atoms with van der Waals surface area (Å²) < 4.78 is 40.4. The van der Waals surface area contributed by atoms with Gasteiger partial charge in [-0.05, 0) is 39.8 Å². The Kier molecular flexibility index (Phi) is 4.81. The Morgan fingerprint density at radius 1 is 1.44 bits per heavy atom. The van der Waals surface area contributed by atoms with Crippen LogP contribution in [0.25, 0.3) is 0 Å². The van der Waals surface area contributed by atoms with Gasteiger partial charge in [0.1, 0.15) is 21.8 Å². The summed E-state index contributed by atoms with van der Waals surface area (Å²) in [6.07, 6.45) is -1.32. The molecule has 0 amide bonds. The predicted molar refractivity (Wildman–Crippen MR) is 69.3 cm³/mol. The molecule has 0 unspecified atom stereocenters. The Hall–Kier alpha value is -1.01. The minimum Gasteiger partial charge on any atom is -0.591 e. The minimum atomic E-state index is -2.62. The Balaban J connectivity index is 3.00. The van der Waals surface area contributed by atoms with Gasteiger partial charge >= 0.3 is 0 Å². The second-order valence-corrected chi connectivity index (χ2v) is 6.71. The zero-order chi connectivity index (χ0) is 13.9. The third-order valence-electron chi connectivity index (χ3n) is 2.17. The van der Waals surface area contributed by atoms with Crippen molar-refractivity contribution >= 4 is 17.1 Å². The monoisotopic (exact) mass is 274 g/mol. The van der Waals surface area contributed by atoms with E-state index in [1.54, 1.807) is 33.8 Å². The Bertz CT molecular complexity index is 444. The van der Waals surface area contributed by atoms with Crippen molar-refractivity contribution in [2.24, 2.45) is 4.40 Å². The van der Waals surface area contributed by atoms with Gasteiger partial charge in [0.25, 0.3) is 6.43 Å². The smallest absolute Gasteiger partial charge is 0.280 e. The van der Waals surface area contributed by atoms with E-state index in [0.717, 1.165) is 0 Å². The van der Waals surface area contributed by atoms with E-state index in [9.17, 15) is 13.3 Å². The third-order valence-corrected chi connectivity index (χ3v) is 3.65. The van der Waals surface area contributed by atoms with Gasteiger partial charge in [0, 0.05) is 11.8 Å². The van der Waals surface area contributed by atoms with E-state index in [0.29, 0.717) is 11.3 Å². The van der Waals surface area contributed by atoms with E-state index in [2.05, 4.69) is 9.38 Å². The first-order chi connectivity index (χ1) is 8.21. The van der Waals surface area contributed by atoms with Crippen LogP contribution in [0.4, 0.5) is 8.78 Å². The molecule has 0 saturated carbocycles. The normalized spacial score (nSPS) is 15.0. The summed E-state index contributed by atoms with van der Waals surface area (Å²) in [6.45, 7) is 7.05. The molecule has 1 aromatic heterocycles. The van der Waals surface area contributed by atoms with Crippen LogP contribution in [-0.2, 0) is 11.4 Å². The molecule has 6 heteroatoms. The topological polar surface area (TPSA) is 48.3 Å². The zero-order valence-electron chi connectivity index (χ0n) is 10.8. The van der Waals surface area contributed by atoms with E-state index < -0.39 is 22.5 Å². The average molecular weight is 274 g/mol. The van der Waals surface area contributed by atoms with Crippen LogP contribution >= 0.6 is 0 Å². The number of rotatable bonds is 3. The lowest BCUT2D eigenvalue weighted by Gasteiger charge is -2.18. The molecule has 0 saturated heterocycles. The van der Waals surface area contributed by atoms with Crippen LogP contribution < -0.4 is 0 Å². The molecule has 0 aliphatic carbocycles. The summed E-state index contributed by atoms with van der Waals surface area (Å²) in [5, 5.41) is 0. The van der Waals surface area contributed by atoms with Gasteiger partial charge in [0.05, 0.1) is 5.71 Å². The maximum absolute atomic E-state index is 12.5. The number of hydrogen-bond acceptors (Lipinski definition) is 3. The second-order valence-electron chi connectivity index (χ2n) is 4.81. The number of halogens is 2. The standard InChI is InChI=1S/C12H16F2N2OS/c1-8(16-18(17)12(2,3)4)9-5-6-15-10(7-9)11(13)14/h5-7,11H,1-4H3/t18-/m1/s1. The molecule has 0 bridgehead atoms. The lowest BCUT2D eigenvalue weighted by Crippen LogP contribution is -2.26. The van der Waals surface area contributed by atoms with Gasteiger partial charge in [0.2, 0.25) is 0 Å². The highest BCUT2D eigenvalue weighted by Crippen LogP contribution is 2.20. The summed E-state index contributed by atoms with van der Waals surface area (Å²) >= 11 is -1.41. The molecule has 1 rings (SSSR count). The van der Waals surface area contributed by atoms with E-state index in [-0.39, 0.29) is 5.69 Å². The van der Waals surface area contributed by atoms with Crippen LogP contribution in [0.3, 0.4) is 0 Å². The van der Waals surface area contributed by atoms with E-state index in [1.807, 2.05) is 0 Å². The SMILES string of the molecule is CC(=N[S@+]([O-])C(C)(C)C)c1ccnc(C(F)F)c1. The molecule has 1 atom stereocenters. The summed E-state index contributed by atoms with van der Waals surface area (Å²) in [5.41, 5.74) is 0.675. The average Bonchev–Trinajstić information content (AvgIpc) is 2.27. The number of hydrogen-bond donors (Lipinski definition) is 0. The number of nitrogens with zero attached hydrogens (tertiary/aromatic N) is 2. The molecule has 18 heavy (non-hydrogen) atoms. The molecule has 1 aromatic rings. The van der Waals surface area contributed by atoms with Crippen LogP contribution in [0.15, 0.2) is 22.7 Å². The van der Waals surface area contributed by atoms with Gasteiger partial charge in [-0.25, -0.2) is 8.78 Å². The van der Waals surface area contributed by atoms with Crippen LogP contribution in [-0.4, -0.2) is 20.0 Å². The van der Waals surface area contributed by atoms with Gasteiger partial charge in [0.15, 0.2) is 0 Å². The number of alkyl halides is 2. The molecule has 0 aliphatic rings. The van der Waals surface area contributed by atoms with Crippen molar-refractivity contribution in [3.63, 3.8) is 0 Å². The van der Waals surface area contributed by atoms with Crippen molar-refractivity contribution in [2.75, 3.05) is 0 Å². The molecule has 100 valence electrons. The fourth-order valence-electron chi connectivity index (χ4n) is 1.11. The van der Waals surface area contributed by atoms with Crippen LogP contribution in [0.5, 0.6) is 0 Å². The van der Waals surface area contributed by atoms with Crippen LogP contribution in [0.1, 0.15) is 45.4 Å². The van der Waals surface area contributed by atoms with Crippen molar-refractivity contribution in [3.8, 4) is 0 Å². The first-order valence-electron chi connectivity index (χ1n) is 5.43. The van der Waals surface area contributed by atoms with Gasteiger partial charge in [-0.2, -0.15) is 0 Å². The van der Waals surface area contributed by atoms with Crippen molar-refractivity contribution in [1.29, 1.82) is 0 Å². The zero-order valence-corrected chi connectivity index (χ0v) is 11.6. The molecule has 0 N–H and O–H groups in total. The molecule has 1 heterocycles. The highest BCUT2D eigenvalue weighted by molar-refractivity contribution is 7.91. The second kappa shape index (κ2) is 5.75. The van der Waals surface area contributed by atoms with Gasteiger partial charge in [-0.3, -0.25) is 4.98 Å². The molecular weight excluding hydrogens is 258 g/mol. The van der Waals surface area contributed by atoms with Crippen molar-refractivity contribution in [1.82, 2.24) is 4.98 Å². The molecule has 0 aliphatic heterocycles. The largest absolute Gasteiger partial charge is 0.591 e. The third kappa shape index (κ3) is 4.03. The number of aromatic nitrogens is 1. The lowest BCUT2D eigenvalue weighted by atomic mass is 10.1. The maximum Gasteiger partial charge on any atom is 0.280 e. The summed E-state index contributed by atoms with van der Waals surface area (Å²) in [5.74, 6) is 0. The predicted octanol–water partition coefficient (Wildman–Crippen LogP) is 3.29. The van der Waals surface area contributed by atoms with Gasteiger partial charge < -0.3 is 4.55 Å². The quantitative estimate of drug-likeness (QED) is 0.627. The van der Waals surface area contributed by atoms with E-state index in [4.69, 9.17) is 0 Å². The summed E-state index contributed by atoms with van der Waals surface area (Å²) in [6, 6.07) is 2.84. The minimum absolute atomic E-state index is 0.302. The maximum atomic E-state index is 12.5. The molecule has 0 radical (unpaired) electrons. The summed E-state index contributed by atoms with van der Waals surface area (Å²) in [4.78, 5) is 3.57. The summed E-state index contributed by atoms with van der Waals surface area (Å²) in [7, 11) is 0. The fraction of sp³-hybridized carbons (Fsp3) is 0.500. The van der Waals surface area contributed by atoms with Crippen molar-refractivity contribution in [3.05, 3.63) is 29.6 Å². The molecule has 3 nitrogen and oxygen atoms in total. The van der Waals surface area contributed by atoms with Gasteiger partial charge in [-0.15, -0.1) is 0 Å². The van der Waals surface area contributed by atoms with E-state index in [1.165, 1.54) is 12.3 Å². The van der Waals surface area contributed by atoms with Crippen LogP contribution in [0.2, 0.25) is 0 Å². The highest BCUT2D eigenvalue weighted by Gasteiger charge is 2.26. The number of pyridine rings is 1. The molecule has 0 aromatic carbocycles. The van der Waals surface area contributed by atoms with E-state index >= 15 is 0 Å². The van der Waals surface area contributed by atoms with Crippen LogP contribution in [0, 0.1) is 0 Å². The Morgan fingerprint density at radius 2 is 2.06 bits per heavy atom. The highest BCUT2D eigenvalue weighted by atomic mass is 32.2. The Labute approximate surface area is 109 Å². The van der Waals surface area contributed by atoms with Crippen molar-refractivity contribution < 1.29 is 13.3 Å². The lowest BCUT2D eigenvalue weighted by molar-refractivity contribution is 0.146.